The van der Waals surface area contributed by atoms with Crippen molar-refractivity contribution in [3.05, 3.63) is 40.8 Å². The van der Waals surface area contributed by atoms with Gasteiger partial charge in [0.05, 0.1) is 32.0 Å². The van der Waals surface area contributed by atoms with Crippen LogP contribution in [-0.2, 0) is 9.47 Å². The van der Waals surface area contributed by atoms with Crippen LogP contribution >= 0.6 is 0 Å². The largest absolute Gasteiger partial charge is 0.450 e. The minimum Gasteiger partial charge on any atom is -0.450 e. The standard InChI is InChI=1S/C22H28N6O4/c1-2-31-21(30)28-14-22(15-28)12-16(13-32-22)26-8-10-27(11-9-26)20-17(4-3-7-23-20)18-5-6-19(29)25-24-18/h3-7,16H,2,8-15H2,1H3,(H,25,29). The number of hydrogen-bond acceptors (Lipinski definition) is 8. The summed E-state index contributed by atoms with van der Waals surface area (Å²) in [6, 6.07) is 7.44. The van der Waals surface area contributed by atoms with Gasteiger partial charge in [-0.15, -0.1) is 0 Å². The fourth-order valence-corrected chi connectivity index (χ4v) is 4.91. The van der Waals surface area contributed by atoms with E-state index in [2.05, 4.69) is 25.0 Å². The number of amides is 1. The van der Waals surface area contributed by atoms with Crippen molar-refractivity contribution in [3.63, 3.8) is 0 Å². The maximum Gasteiger partial charge on any atom is 0.409 e. The predicted molar refractivity (Wildman–Crippen MR) is 118 cm³/mol. The molecule has 1 spiro atoms. The summed E-state index contributed by atoms with van der Waals surface area (Å²) < 4.78 is 11.2. The number of aromatic amines is 1. The number of hydrogen-bond donors (Lipinski definition) is 1. The van der Waals surface area contributed by atoms with Gasteiger partial charge in [0.15, 0.2) is 0 Å². The lowest BCUT2D eigenvalue weighted by atomic mass is 9.89. The van der Waals surface area contributed by atoms with Gasteiger partial charge in [0.25, 0.3) is 5.56 Å². The first-order valence-corrected chi connectivity index (χ1v) is 11.1. The smallest absolute Gasteiger partial charge is 0.409 e. The van der Waals surface area contributed by atoms with Crippen molar-refractivity contribution in [2.45, 2.75) is 25.0 Å². The minimum absolute atomic E-state index is 0.210. The van der Waals surface area contributed by atoms with Gasteiger partial charge in [-0.25, -0.2) is 14.9 Å². The molecule has 1 N–H and O–H groups in total. The van der Waals surface area contributed by atoms with Crippen molar-refractivity contribution >= 4 is 11.9 Å². The van der Waals surface area contributed by atoms with Crippen molar-refractivity contribution in [2.24, 2.45) is 0 Å². The molecule has 5 heterocycles. The van der Waals surface area contributed by atoms with Crippen molar-refractivity contribution in [1.29, 1.82) is 0 Å². The maximum absolute atomic E-state index is 11.9. The molecule has 3 saturated heterocycles. The molecule has 32 heavy (non-hydrogen) atoms. The van der Waals surface area contributed by atoms with Gasteiger partial charge in [0, 0.05) is 50.0 Å². The third-order valence-electron chi connectivity index (χ3n) is 6.55. The average Bonchev–Trinajstić information content (AvgIpc) is 3.25. The molecule has 2 aromatic heterocycles. The van der Waals surface area contributed by atoms with Crippen molar-refractivity contribution < 1.29 is 14.3 Å². The van der Waals surface area contributed by atoms with Crippen LogP contribution in [0.4, 0.5) is 10.6 Å². The number of H-pyrrole nitrogens is 1. The molecule has 0 radical (unpaired) electrons. The minimum atomic E-state index is -0.248. The highest BCUT2D eigenvalue weighted by Crippen LogP contribution is 2.37. The number of nitrogens with one attached hydrogen (secondary N) is 1. The highest BCUT2D eigenvalue weighted by molar-refractivity contribution is 5.73. The highest BCUT2D eigenvalue weighted by Gasteiger charge is 2.52. The highest BCUT2D eigenvalue weighted by atomic mass is 16.6. The van der Waals surface area contributed by atoms with E-state index in [1.54, 1.807) is 17.2 Å². The molecule has 10 heteroatoms. The second kappa shape index (κ2) is 8.51. The average molecular weight is 441 g/mol. The van der Waals surface area contributed by atoms with Gasteiger partial charge in [0.2, 0.25) is 0 Å². The van der Waals surface area contributed by atoms with E-state index in [0.717, 1.165) is 44.0 Å². The first-order valence-electron chi connectivity index (χ1n) is 11.1. The number of ether oxygens (including phenoxy) is 2. The van der Waals surface area contributed by atoms with Gasteiger partial charge in [-0.05, 0) is 31.5 Å². The number of aromatic nitrogens is 3. The third kappa shape index (κ3) is 3.95. The van der Waals surface area contributed by atoms with Crippen LogP contribution in [0.15, 0.2) is 35.3 Å². The zero-order valence-corrected chi connectivity index (χ0v) is 18.2. The van der Waals surface area contributed by atoms with Gasteiger partial charge in [-0.1, -0.05) is 0 Å². The van der Waals surface area contributed by atoms with E-state index in [9.17, 15) is 9.59 Å². The Balaban J connectivity index is 1.19. The summed E-state index contributed by atoms with van der Waals surface area (Å²) in [5.74, 6) is 0.884. The van der Waals surface area contributed by atoms with Crippen LogP contribution in [0, 0.1) is 0 Å². The Hall–Kier alpha value is -2.98. The molecular formula is C22H28N6O4. The first-order chi connectivity index (χ1) is 15.6. The summed E-state index contributed by atoms with van der Waals surface area (Å²) in [4.78, 5) is 34.3. The fraction of sp³-hybridized carbons (Fsp3) is 0.545. The van der Waals surface area contributed by atoms with E-state index in [0.29, 0.717) is 38.0 Å². The Bertz CT molecular complexity index is 1010. The topological polar surface area (TPSA) is 104 Å². The van der Waals surface area contributed by atoms with Gasteiger partial charge >= 0.3 is 6.09 Å². The number of carbonyl (C=O) groups excluding carboxylic acids is 1. The van der Waals surface area contributed by atoms with E-state index in [4.69, 9.17) is 9.47 Å². The first kappa shape index (κ1) is 20.9. The van der Waals surface area contributed by atoms with E-state index in [1.807, 2.05) is 19.1 Å². The number of likely N-dealkylation sites (tertiary alicyclic amines) is 1. The van der Waals surface area contributed by atoms with Gasteiger partial charge in [0.1, 0.15) is 11.4 Å². The molecule has 1 unspecified atom stereocenters. The number of pyridine rings is 1. The molecule has 3 aliphatic heterocycles. The Morgan fingerprint density at radius 1 is 1.25 bits per heavy atom. The number of nitrogens with zero attached hydrogens (tertiary/aromatic N) is 5. The fourth-order valence-electron chi connectivity index (χ4n) is 4.91. The van der Waals surface area contributed by atoms with Crippen LogP contribution in [0.5, 0.6) is 0 Å². The van der Waals surface area contributed by atoms with Crippen LogP contribution in [0.25, 0.3) is 11.3 Å². The summed E-state index contributed by atoms with van der Waals surface area (Å²) in [5, 5.41) is 6.68. The van der Waals surface area contributed by atoms with Gasteiger partial charge < -0.3 is 19.3 Å². The summed E-state index contributed by atoms with van der Waals surface area (Å²) >= 11 is 0. The second-order valence-corrected chi connectivity index (χ2v) is 8.61. The number of anilines is 1. The molecule has 0 aromatic carbocycles. The molecule has 10 nitrogen and oxygen atoms in total. The van der Waals surface area contributed by atoms with E-state index in [-0.39, 0.29) is 17.3 Å². The Kier molecular flexibility index (Phi) is 5.56. The molecule has 3 fully saturated rings. The monoisotopic (exact) mass is 440 g/mol. The summed E-state index contributed by atoms with van der Waals surface area (Å²) in [5.41, 5.74) is 1.19. The second-order valence-electron chi connectivity index (χ2n) is 8.61. The van der Waals surface area contributed by atoms with E-state index < -0.39 is 0 Å². The van der Waals surface area contributed by atoms with Crippen LogP contribution < -0.4 is 10.5 Å². The molecule has 0 saturated carbocycles. The molecule has 3 aliphatic rings. The van der Waals surface area contributed by atoms with Gasteiger partial charge in [-0.2, -0.15) is 5.10 Å². The third-order valence-corrected chi connectivity index (χ3v) is 6.55. The van der Waals surface area contributed by atoms with Crippen LogP contribution in [0.2, 0.25) is 0 Å². The Morgan fingerprint density at radius 3 is 2.78 bits per heavy atom. The van der Waals surface area contributed by atoms with E-state index >= 15 is 0 Å². The summed E-state index contributed by atoms with van der Waals surface area (Å²) in [6.45, 7) is 7.69. The molecule has 2 aromatic rings. The Labute approximate surface area is 186 Å². The molecule has 0 bridgehead atoms. The van der Waals surface area contributed by atoms with Crippen molar-refractivity contribution in [2.75, 3.05) is 57.4 Å². The van der Waals surface area contributed by atoms with Crippen LogP contribution in [0.1, 0.15) is 13.3 Å². The summed E-state index contributed by atoms with van der Waals surface area (Å²) in [6.07, 6.45) is 2.48. The molecular weight excluding hydrogens is 412 g/mol. The lowest BCUT2D eigenvalue weighted by molar-refractivity contribution is -0.101. The molecule has 0 aliphatic carbocycles. The van der Waals surface area contributed by atoms with Crippen molar-refractivity contribution in [1.82, 2.24) is 25.0 Å². The summed E-state index contributed by atoms with van der Waals surface area (Å²) in [7, 11) is 0. The zero-order chi connectivity index (χ0) is 22.1. The number of piperazine rings is 1. The quantitative estimate of drug-likeness (QED) is 0.750. The molecule has 1 amide bonds. The lowest BCUT2D eigenvalue weighted by Gasteiger charge is -2.46. The predicted octanol–water partition coefficient (Wildman–Crippen LogP) is 0.954. The SMILES string of the molecule is CCOC(=O)N1CC2(CC(N3CCN(c4ncccc4-c4ccc(=O)[nH]n4)CC3)CO2)C1. The maximum atomic E-state index is 11.9. The van der Waals surface area contributed by atoms with Crippen LogP contribution in [0.3, 0.4) is 0 Å². The molecule has 1 atom stereocenters. The zero-order valence-electron chi connectivity index (χ0n) is 18.2. The molecule has 170 valence electrons. The normalized spacial score (nSPS) is 22.7. The van der Waals surface area contributed by atoms with E-state index in [1.165, 1.54) is 6.07 Å². The van der Waals surface area contributed by atoms with Crippen molar-refractivity contribution in [3.8, 4) is 11.3 Å². The van der Waals surface area contributed by atoms with Gasteiger partial charge in [-0.3, -0.25) is 9.69 Å². The molecule has 5 rings (SSSR count). The lowest BCUT2D eigenvalue weighted by Crippen LogP contribution is -2.63. The number of carbonyl (C=O) groups is 1. The number of rotatable bonds is 4. The Morgan fingerprint density at radius 2 is 2.06 bits per heavy atom. The van der Waals surface area contributed by atoms with Crippen LogP contribution in [-0.4, -0.2) is 95.2 Å².